The van der Waals surface area contributed by atoms with Crippen LogP contribution in [0, 0.1) is 0 Å². The van der Waals surface area contributed by atoms with Crippen LogP contribution < -0.4 is 0 Å². The van der Waals surface area contributed by atoms with Crippen LogP contribution in [-0.4, -0.2) is 85.7 Å². The molecule has 5 N–H and O–H groups in total. The molecular weight excluding hydrogens is 484 g/mol. The normalized spacial score (nSPS) is 11.1. The molecule has 0 saturated carbocycles. The van der Waals surface area contributed by atoms with Gasteiger partial charge in [0.1, 0.15) is 17.8 Å². The van der Waals surface area contributed by atoms with Gasteiger partial charge in [-0.25, -0.2) is 0 Å². The van der Waals surface area contributed by atoms with E-state index in [-0.39, 0.29) is 76.5 Å². The zero-order valence-corrected chi connectivity index (χ0v) is 20.4. The van der Waals surface area contributed by atoms with Crippen LogP contribution in [0.2, 0.25) is 0 Å². The average molecular weight is 517 g/mol. The Morgan fingerprint density at radius 1 is 0.703 bits per heavy atom. The van der Waals surface area contributed by atoms with Gasteiger partial charge in [0, 0.05) is 50.1 Å². The van der Waals surface area contributed by atoms with E-state index in [1.54, 1.807) is 34.1 Å². The van der Waals surface area contributed by atoms with E-state index in [9.17, 15) is 34.5 Å². The number of phenols is 2. The van der Waals surface area contributed by atoms with Crippen molar-refractivity contribution in [3.05, 3.63) is 58.7 Å². The summed E-state index contributed by atoms with van der Waals surface area (Å²) in [6, 6.07) is 9.51. The number of carboxylic acids is 3. The molecule has 37 heavy (non-hydrogen) atoms. The van der Waals surface area contributed by atoms with Crippen molar-refractivity contribution in [3.63, 3.8) is 0 Å². The number of carboxylic acid groups (broad SMARTS) is 3. The van der Waals surface area contributed by atoms with E-state index in [1.165, 1.54) is 12.1 Å². The maximum Gasteiger partial charge on any atom is 0.317 e. The molecule has 0 atom stereocenters. The van der Waals surface area contributed by atoms with Gasteiger partial charge in [-0.15, -0.1) is 0 Å². The maximum atomic E-state index is 11.5. The Balaban J connectivity index is 2.12. The first-order valence-corrected chi connectivity index (χ1v) is 11.7. The van der Waals surface area contributed by atoms with Gasteiger partial charge in [0.05, 0.1) is 13.1 Å². The fourth-order valence-corrected chi connectivity index (χ4v) is 3.85. The molecule has 0 amide bonds. The number of hydrogen-bond donors (Lipinski definition) is 5. The number of carbonyl (C=O) groups is 4. The summed E-state index contributed by atoms with van der Waals surface area (Å²) < 4.78 is 0. The Bertz CT molecular complexity index is 1100. The predicted molar refractivity (Wildman–Crippen MR) is 132 cm³/mol. The second kappa shape index (κ2) is 14.6. The van der Waals surface area contributed by atoms with Gasteiger partial charge in [-0.3, -0.25) is 24.2 Å². The Labute approximate surface area is 214 Å². The van der Waals surface area contributed by atoms with Crippen molar-refractivity contribution in [2.24, 2.45) is 0 Å². The zero-order valence-electron chi connectivity index (χ0n) is 20.4. The maximum absolute atomic E-state index is 11.5. The summed E-state index contributed by atoms with van der Waals surface area (Å²) in [4.78, 5) is 47.8. The molecule has 0 aliphatic carbocycles. The first-order chi connectivity index (χ1) is 17.6. The number of aryl methyl sites for hydroxylation is 2. The minimum atomic E-state index is -1.08. The molecule has 11 heteroatoms. The minimum Gasteiger partial charge on any atom is -0.508 e. The molecule has 2 aromatic carbocycles. The number of aldehydes is 1. The number of carbonyl (C=O) groups excluding carboxylic acids is 1. The number of aliphatic carboxylic acids is 3. The van der Waals surface area contributed by atoms with Gasteiger partial charge in [-0.1, -0.05) is 24.3 Å². The third-order valence-electron chi connectivity index (χ3n) is 5.75. The summed E-state index contributed by atoms with van der Waals surface area (Å²) in [6.07, 6.45) is 1.12. The van der Waals surface area contributed by atoms with Crippen LogP contribution in [0.4, 0.5) is 0 Å². The summed E-state index contributed by atoms with van der Waals surface area (Å²) in [6.45, 7) is 0.453. The minimum absolute atomic E-state index is 0.000430. The van der Waals surface area contributed by atoms with Crippen LogP contribution in [0.5, 0.6) is 11.5 Å². The zero-order chi connectivity index (χ0) is 27.4. The van der Waals surface area contributed by atoms with E-state index in [4.69, 9.17) is 10.2 Å². The highest BCUT2D eigenvalue weighted by Gasteiger charge is 2.17. The predicted octanol–water partition coefficient (Wildman–Crippen LogP) is 1.72. The van der Waals surface area contributed by atoms with E-state index in [1.807, 2.05) is 0 Å². The largest absolute Gasteiger partial charge is 0.508 e. The molecular formula is C26H32N2O9. The molecule has 0 heterocycles. The molecule has 0 radical (unpaired) electrons. The fourth-order valence-electron chi connectivity index (χ4n) is 3.85. The van der Waals surface area contributed by atoms with Crippen LogP contribution in [0.15, 0.2) is 36.4 Å². The lowest BCUT2D eigenvalue weighted by Gasteiger charge is -2.26. The van der Waals surface area contributed by atoms with Gasteiger partial charge in [0.15, 0.2) is 0 Å². The van der Waals surface area contributed by atoms with Crippen molar-refractivity contribution in [3.8, 4) is 11.5 Å². The van der Waals surface area contributed by atoms with Gasteiger partial charge in [-0.05, 0) is 36.1 Å². The van der Waals surface area contributed by atoms with Crippen molar-refractivity contribution in [1.82, 2.24) is 9.80 Å². The lowest BCUT2D eigenvalue weighted by Crippen LogP contribution is -2.38. The number of aromatic hydroxyl groups is 2. The molecule has 11 nitrogen and oxygen atoms in total. The molecule has 0 aliphatic heterocycles. The highest BCUT2D eigenvalue weighted by atomic mass is 16.4. The molecule has 2 aromatic rings. The third kappa shape index (κ3) is 10.7. The highest BCUT2D eigenvalue weighted by Crippen LogP contribution is 2.23. The van der Waals surface area contributed by atoms with Crippen LogP contribution in [0.25, 0.3) is 0 Å². The Hall–Kier alpha value is -3.96. The second-order valence-corrected chi connectivity index (χ2v) is 8.72. The Morgan fingerprint density at radius 2 is 1.16 bits per heavy atom. The van der Waals surface area contributed by atoms with Crippen LogP contribution in [0.3, 0.4) is 0 Å². The summed E-state index contributed by atoms with van der Waals surface area (Å²) in [5.74, 6) is -3.00. The van der Waals surface area contributed by atoms with Gasteiger partial charge in [0.25, 0.3) is 0 Å². The molecule has 0 bridgehead atoms. The Kier molecular flexibility index (Phi) is 11.5. The molecule has 2 rings (SSSR count). The van der Waals surface area contributed by atoms with Crippen LogP contribution in [-0.2, 0) is 45.1 Å². The molecule has 0 aromatic heterocycles. The van der Waals surface area contributed by atoms with Crippen molar-refractivity contribution in [1.29, 1.82) is 0 Å². The van der Waals surface area contributed by atoms with E-state index >= 15 is 0 Å². The SMILES string of the molecule is O=CCN(CCN(CC(=O)O)Cc1cc(CCC(=O)O)ccc1O)Cc1cc(CCC(=O)O)ccc1O. The average Bonchev–Trinajstić information content (AvgIpc) is 2.82. The number of hydrogen-bond acceptors (Lipinski definition) is 8. The lowest BCUT2D eigenvalue weighted by atomic mass is 10.0. The smallest absolute Gasteiger partial charge is 0.317 e. The highest BCUT2D eigenvalue weighted by molar-refractivity contribution is 5.69. The van der Waals surface area contributed by atoms with Gasteiger partial charge in [-0.2, -0.15) is 0 Å². The van der Waals surface area contributed by atoms with E-state index in [2.05, 4.69) is 0 Å². The molecule has 0 fully saturated rings. The monoisotopic (exact) mass is 516 g/mol. The van der Waals surface area contributed by atoms with Crippen molar-refractivity contribution in [2.45, 2.75) is 38.8 Å². The third-order valence-corrected chi connectivity index (χ3v) is 5.75. The quantitative estimate of drug-likeness (QED) is 0.194. The standard InChI is InChI=1S/C26H32N2O9/c29-12-11-27(15-20-13-18(1-5-22(20)30)3-7-24(32)33)9-10-28(17-26(36)37)16-21-14-19(2-6-23(21)31)4-8-25(34)35/h1-2,5-6,12-14,30-31H,3-4,7-11,15-17H2,(H,32,33)(H,34,35)(H,36,37). The topological polar surface area (TPSA) is 176 Å². The molecule has 200 valence electrons. The first kappa shape index (κ1) is 29.3. The fraction of sp³-hybridized carbons (Fsp3) is 0.385. The number of nitrogens with zero attached hydrogens (tertiary/aromatic N) is 2. The molecule has 0 saturated heterocycles. The van der Waals surface area contributed by atoms with Gasteiger partial charge < -0.3 is 30.3 Å². The summed E-state index contributed by atoms with van der Waals surface area (Å²) in [7, 11) is 0. The second-order valence-electron chi connectivity index (χ2n) is 8.72. The number of benzene rings is 2. The summed E-state index contributed by atoms with van der Waals surface area (Å²) >= 11 is 0. The van der Waals surface area contributed by atoms with Crippen molar-refractivity contribution >= 4 is 24.2 Å². The van der Waals surface area contributed by atoms with Crippen molar-refractivity contribution in [2.75, 3.05) is 26.2 Å². The van der Waals surface area contributed by atoms with Crippen LogP contribution >= 0.6 is 0 Å². The summed E-state index contributed by atoms with van der Waals surface area (Å²) in [5, 5.41) is 47.7. The molecule has 0 unspecified atom stereocenters. The lowest BCUT2D eigenvalue weighted by molar-refractivity contribution is -0.139. The van der Waals surface area contributed by atoms with Gasteiger partial charge in [0.2, 0.25) is 0 Å². The number of phenolic OH excluding ortho intramolecular Hbond substituents is 2. The molecule has 0 aliphatic rings. The van der Waals surface area contributed by atoms with E-state index < -0.39 is 17.9 Å². The number of rotatable bonds is 17. The van der Waals surface area contributed by atoms with Crippen LogP contribution in [0.1, 0.15) is 35.1 Å². The first-order valence-electron chi connectivity index (χ1n) is 11.7. The summed E-state index contributed by atoms with van der Waals surface area (Å²) in [5.41, 5.74) is 2.39. The Morgan fingerprint density at radius 3 is 1.59 bits per heavy atom. The molecule has 0 spiro atoms. The van der Waals surface area contributed by atoms with Crippen molar-refractivity contribution < 1.29 is 44.7 Å². The van der Waals surface area contributed by atoms with Gasteiger partial charge >= 0.3 is 17.9 Å². The van der Waals surface area contributed by atoms with E-state index in [0.29, 0.717) is 23.0 Å². The van der Waals surface area contributed by atoms with E-state index in [0.717, 1.165) is 5.56 Å².